The minimum absolute atomic E-state index is 0.0000293. The maximum atomic E-state index is 12.3. The Bertz CT molecular complexity index is 399. The second kappa shape index (κ2) is 5.85. The van der Waals surface area contributed by atoms with Gasteiger partial charge in [0.15, 0.2) is 0 Å². The molecule has 5 heteroatoms. The molecular formula is C15H25NO4. The highest BCUT2D eigenvalue weighted by Gasteiger charge is 2.54. The van der Waals surface area contributed by atoms with E-state index in [1.807, 2.05) is 0 Å². The fraction of sp³-hybridized carbons (Fsp3) is 0.733. The van der Waals surface area contributed by atoms with Crippen molar-refractivity contribution in [3.63, 3.8) is 0 Å². The lowest BCUT2D eigenvalue weighted by Crippen LogP contribution is -2.55. The van der Waals surface area contributed by atoms with Crippen LogP contribution in [0.3, 0.4) is 0 Å². The van der Waals surface area contributed by atoms with Crippen LogP contribution in [0, 0.1) is 5.92 Å². The average Bonchev–Trinajstić information content (AvgIpc) is 2.65. The van der Waals surface area contributed by atoms with Crippen LogP contribution in [0.4, 0.5) is 4.79 Å². The maximum Gasteiger partial charge on any atom is 0.411 e. The van der Waals surface area contributed by atoms with Crippen molar-refractivity contribution in [2.75, 3.05) is 13.7 Å². The molecule has 20 heavy (non-hydrogen) atoms. The summed E-state index contributed by atoms with van der Waals surface area (Å²) >= 11 is 0. The Balaban J connectivity index is 3.03. The predicted molar refractivity (Wildman–Crippen MR) is 76.3 cm³/mol. The van der Waals surface area contributed by atoms with Crippen molar-refractivity contribution in [3.8, 4) is 0 Å². The molecular weight excluding hydrogens is 258 g/mol. The van der Waals surface area contributed by atoms with Crippen LogP contribution >= 0.6 is 0 Å². The first-order valence-corrected chi connectivity index (χ1v) is 6.86. The summed E-state index contributed by atoms with van der Waals surface area (Å²) in [5.74, 6) is -0.410. The highest BCUT2D eigenvalue weighted by Crippen LogP contribution is 2.39. The van der Waals surface area contributed by atoms with Crippen LogP contribution in [0.1, 0.15) is 40.5 Å². The van der Waals surface area contributed by atoms with E-state index in [2.05, 4.69) is 6.58 Å². The molecule has 1 amide bonds. The third-order valence-corrected chi connectivity index (χ3v) is 3.72. The standard InChI is InChI=1S/C15H25NO4/c1-7-8-11-9-10-16(13(18)20-14(2,3)4)15(11,5)12(17)19-6/h7,11H,1,8-10H2,2-6H3. The summed E-state index contributed by atoms with van der Waals surface area (Å²) < 4.78 is 10.3. The molecule has 0 aromatic carbocycles. The molecule has 1 saturated heterocycles. The lowest BCUT2D eigenvalue weighted by molar-refractivity contribution is -0.154. The zero-order chi connectivity index (χ0) is 15.6. The van der Waals surface area contributed by atoms with Crippen LogP contribution in [0.2, 0.25) is 0 Å². The molecule has 0 radical (unpaired) electrons. The third-order valence-electron chi connectivity index (χ3n) is 3.72. The van der Waals surface area contributed by atoms with Gasteiger partial charge in [0.2, 0.25) is 0 Å². The zero-order valence-electron chi connectivity index (χ0n) is 13.1. The lowest BCUT2D eigenvalue weighted by atomic mass is 9.84. The van der Waals surface area contributed by atoms with Gasteiger partial charge in [-0.25, -0.2) is 9.59 Å². The topological polar surface area (TPSA) is 55.8 Å². The molecule has 0 spiro atoms. The van der Waals surface area contributed by atoms with Gasteiger partial charge in [0, 0.05) is 6.54 Å². The first kappa shape index (κ1) is 16.5. The van der Waals surface area contributed by atoms with Crippen LogP contribution in [0.15, 0.2) is 12.7 Å². The van der Waals surface area contributed by atoms with Gasteiger partial charge >= 0.3 is 12.1 Å². The first-order valence-electron chi connectivity index (χ1n) is 6.86. The summed E-state index contributed by atoms with van der Waals surface area (Å²) in [4.78, 5) is 26.0. The molecule has 0 aromatic heterocycles. The molecule has 1 rings (SSSR count). The molecule has 1 fully saturated rings. The van der Waals surface area contributed by atoms with Crippen LogP contribution in [-0.4, -0.2) is 41.8 Å². The van der Waals surface area contributed by atoms with Gasteiger partial charge in [-0.2, -0.15) is 0 Å². The predicted octanol–water partition coefficient (Wildman–Crippen LogP) is 2.75. The summed E-state index contributed by atoms with van der Waals surface area (Å²) in [5, 5.41) is 0. The number of likely N-dealkylation sites (tertiary alicyclic amines) is 1. The normalized spacial score (nSPS) is 26.2. The number of hydrogen-bond acceptors (Lipinski definition) is 4. The molecule has 0 bridgehead atoms. The van der Waals surface area contributed by atoms with Crippen molar-refractivity contribution in [2.45, 2.75) is 51.7 Å². The molecule has 5 nitrogen and oxygen atoms in total. The average molecular weight is 283 g/mol. The van der Waals surface area contributed by atoms with Crippen LogP contribution in [0.25, 0.3) is 0 Å². The Kier molecular flexibility index (Phi) is 4.84. The fourth-order valence-corrected chi connectivity index (χ4v) is 2.65. The summed E-state index contributed by atoms with van der Waals surface area (Å²) in [7, 11) is 1.34. The number of hydrogen-bond donors (Lipinski definition) is 0. The lowest BCUT2D eigenvalue weighted by Gasteiger charge is -2.37. The van der Waals surface area contributed by atoms with Gasteiger partial charge < -0.3 is 9.47 Å². The smallest absolute Gasteiger partial charge is 0.411 e. The van der Waals surface area contributed by atoms with Gasteiger partial charge in [0.05, 0.1) is 7.11 Å². The Hall–Kier alpha value is -1.52. The van der Waals surface area contributed by atoms with Crippen LogP contribution in [-0.2, 0) is 14.3 Å². The minimum atomic E-state index is -0.995. The largest absolute Gasteiger partial charge is 0.467 e. The van der Waals surface area contributed by atoms with Crippen molar-refractivity contribution < 1.29 is 19.1 Å². The van der Waals surface area contributed by atoms with E-state index in [1.54, 1.807) is 33.8 Å². The quantitative estimate of drug-likeness (QED) is 0.590. The number of amides is 1. The van der Waals surface area contributed by atoms with Crippen molar-refractivity contribution in [2.24, 2.45) is 5.92 Å². The molecule has 0 aromatic rings. The van der Waals surface area contributed by atoms with Crippen molar-refractivity contribution in [1.29, 1.82) is 0 Å². The summed E-state index contributed by atoms with van der Waals surface area (Å²) in [6.07, 6.45) is 2.68. The number of carbonyl (C=O) groups excluding carboxylic acids is 2. The van der Waals surface area contributed by atoms with E-state index in [0.717, 1.165) is 6.42 Å². The maximum absolute atomic E-state index is 12.3. The Morgan fingerprint density at radius 3 is 2.50 bits per heavy atom. The van der Waals surface area contributed by atoms with Crippen molar-refractivity contribution in [3.05, 3.63) is 12.7 Å². The zero-order valence-corrected chi connectivity index (χ0v) is 13.1. The number of methoxy groups -OCH3 is 1. The second-order valence-electron chi connectivity index (χ2n) is 6.28. The summed E-state index contributed by atoms with van der Waals surface area (Å²) in [6.45, 7) is 11.4. The number of allylic oxidation sites excluding steroid dienone is 1. The molecule has 1 heterocycles. The minimum Gasteiger partial charge on any atom is -0.467 e. The van der Waals surface area contributed by atoms with E-state index in [-0.39, 0.29) is 5.92 Å². The number of rotatable bonds is 3. The van der Waals surface area contributed by atoms with E-state index in [9.17, 15) is 9.59 Å². The Morgan fingerprint density at radius 1 is 1.45 bits per heavy atom. The molecule has 2 atom stereocenters. The number of carbonyl (C=O) groups is 2. The van der Waals surface area contributed by atoms with E-state index in [0.29, 0.717) is 13.0 Å². The van der Waals surface area contributed by atoms with Crippen LogP contribution in [0.5, 0.6) is 0 Å². The van der Waals surface area contributed by atoms with E-state index in [4.69, 9.17) is 9.47 Å². The fourth-order valence-electron chi connectivity index (χ4n) is 2.65. The third kappa shape index (κ3) is 3.14. The van der Waals surface area contributed by atoms with Crippen molar-refractivity contribution >= 4 is 12.1 Å². The SMILES string of the molecule is C=CCC1CCN(C(=O)OC(C)(C)C)C1(C)C(=O)OC. The van der Waals surface area contributed by atoms with Gasteiger partial charge in [-0.3, -0.25) is 4.90 Å². The molecule has 0 saturated carbocycles. The van der Waals surface area contributed by atoms with Gasteiger partial charge in [0.25, 0.3) is 0 Å². The highest BCUT2D eigenvalue weighted by atomic mass is 16.6. The Labute approximate surface area is 120 Å². The number of nitrogens with zero attached hydrogens (tertiary/aromatic N) is 1. The summed E-state index contributed by atoms with van der Waals surface area (Å²) in [6, 6.07) is 0. The summed E-state index contributed by atoms with van der Waals surface area (Å²) in [5.41, 5.74) is -1.59. The molecule has 1 aliphatic rings. The first-order chi connectivity index (χ1) is 9.16. The monoisotopic (exact) mass is 283 g/mol. The van der Waals surface area contributed by atoms with Gasteiger partial charge in [-0.05, 0) is 46.5 Å². The Morgan fingerprint density at radius 2 is 2.05 bits per heavy atom. The van der Waals surface area contributed by atoms with Gasteiger partial charge in [0.1, 0.15) is 11.1 Å². The highest BCUT2D eigenvalue weighted by molar-refractivity contribution is 5.86. The van der Waals surface area contributed by atoms with E-state index >= 15 is 0 Å². The second-order valence-corrected chi connectivity index (χ2v) is 6.28. The van der Waals surface area contributed by atoms with E-state index in [1.165, 1.54) is 12.0 Å². The molecule has 2 unspecified atom stereocenters. The molecule has 114 valence electrons. The molecule has 1 aliphatic heterocycles. The number of ether oxygens (including phenoxy) is 2. The molecule has 0 N–H and O–H groups in total. The van der Waals surface area contributed by atoms with E-state index < -0.39 is 23.2 Å². The van der Waals surface area contributed by atoms with Crippen molar-refractivity contribution in [1.82, 2.24) is 4.90 Å². The molecule has 0 aliphatic carbocycles. The van der Waals surface area contributed by atoms with Gasteiger partial charge in [-0.1, -0.05) is 6.08 Å². The van der Waals surface area contributed by atoms with Crippen LogP contribution < -0.4 is 0 Å². The number of esters is 1. The van der Waals surface area contributed by atoms with Gasteiger partial charge in [-0.15, -0.1) is 6.58 Å².